The van der Waals surface area contributed by atoms with E-state index in [2.05, 4.69) is 21.2 Å². The van der Waals surface area contributed by atoms with Crippen molar-refractivity contribution in [1.82, 2.24) is 0 Å². The summed E-state index contributed by atoms with van der Waals surface area (Å²) in [5.41, 5.74) is 0.314. The lowest BCUT2D eigenvalue weighted by Gasteiger charge is -2.10. The number of halogens is 2. The van der Waals surface area contributed by atoms with E-state index in [1.165, 1.54) is 0 Å². The van der Waals surface area contributed by atoms with Gasteiger partial charge in [-0.25, -0.2) is 4.79 Å². The van der Waals surface area contributed by atoms with Gasteiger partial charge in [0, 0.05) is 22.0 Å². The van der Waals surface area contributed by atoms with E-state index >= 15 is 0 Å². The lowest BCUT2D eigenvalue weighted by molar-refractivity contribution is 0.102. The first-order chi connectivity index (χ1) is 12.0. The molecule has 1 amide bonds. The van der Waals surface area contributed by atoms with Crippen molar-refractivity contribution in [3.8, 4) is 5.75 Å². The Bertz CT molecular complexity index is 1020. The fourth-order valence-electron chi connectivity index (χ4n) is 2.37. The molecular formula is C18H13BrClNO4. The van der Waals surface area contributed by atoms with Gasteiger partial charge in [-0.2, -0.15) is 0 Å². The van der Waals surface area contributed by atoms with Gasteiger partial charge in [0.2, 0.25) is 0 Å². The molecular weight excluding hydrogens is 410 g/mol. The molecule has 0 radical (unpaired) electrons. The quantitative estimate of drug-likeness (QED) is 0.610. The maximum Gasteiger partial charge on any atom is 0.337 e. The highest BCUT2D eigenvalue weighted by Gasteiger charge is 2.15. The summed E-state index contributed by atoms with van der Waals surface area (Å²) in [6, 6.07) is 11.2. The standard InChI is InChI=1S/C18H13BrClNO4/c1-2-24-11-4-5-12-13(9-17(22)25-16(12)8-11)18(23)21-15-6-3-10(19)7-14(15)20/h3-9H,2H2,1H3,(H,21,23). The van der Waals surface area contributed by atoms with Crippen molar-refractivity contribution in [1.29, 1.82) is 0 Å². The van der Waals surface area contributed by atoms with Crippen molar-refractivity contribution in [2.24, 2.45) is 0 Å². The SMILES string of the molecule is CCOc1ccc2c(C(=O)Nc3ccc(Br)cc3Cl)cc(=O)oc2c1. The lowest BCUT2D eigenvalue weighted by Crippen LogP contribution is -2.15. The van der Waals surface area contributed by atoms with Gasteiger partial charge in [0.25, 0.3) is 5.91 Å². The molecule has 5 nitrogen and oxygen atoms in total. The molecule has 0 aliphatic carbocycles. The second kappa shape index (κ2) is 7.29. The van der Waals surface area contributed by atoms with Crippen molar-refractivity contribution in [2.45, 2.75) is 6.92 Å². The summed E-state index contributed by atoms with van der Waals surface area (Å²) in [7, 11) is 0. The molecule has 0 atom stereocenters. The molecule has 0 bridgehead atoms. The molecule has 7 heteroatoms. The Morgan fingerprint density at radius 2 is 2.04 bits per heavy atom. The topological polar surface area (TPSA) is 68.5 Å². The predicted molar refractivity (Wildman–Crippen MR) is 101 cm³/mol. The Morgan fingerprint density at radius 3 is 2.76 bits per heavy atom. The van der Waals surface area contributed by atoms with E-state index in [-0.39, 0.29) is 11.1 Å². The van der Waals surface area contributed by atoms with Crippen molar-refractivity contribution < 1.29 is 13.9 Å². The van der Waals surface area contributed by atoms with Crippen LogP contribution in [0.1, 0.15) is 17.3 Å². The largest absolute Gasteiger partial charge is 0.494 e. The number of carbonyl (C=O) groups excluding carboxylic acids is 1. The van der Waals surface area contributed by atoms with Crippen molar-refractivity contribution in [3.05, 3.63) is 67.9 Å². The first kappa shape index (κ1) is 17.5. The minimum atomic E-state index is -0.617. The molecule has 1 heterocycles. The molecule has 2 aromatic carbocycles. The summed E-state index contributed by atoms with van der Waals surface area (Å²) in [6.45, 7) is 2.34. The number of hydrogen-bond acceptors (Lipinski definition) is 4. The second-order valence-electron chi connectivity index (χ2n) is 5.15. The average Bonchev–Trinajstić information content (AvgIpc) is 2.56. The van der Waals surface area contributed by atoms with Crippen LogP contribution in [0.3, 0.4) is 0 Å². The number of hydrogen-bond donors (Lipinski definition) is 1. The van der Waals surface area contributed by atoms with Crippen LogP contribution in [0.4, 0.5) is 5.69 Å². The summed E-state index contributed by atoms with van der Waals surface area (Å²) >= 11 is 9.43. The normalized spacial score (nSPS) is 10.7. The molecule has 128 valence electrons. The van der Waals surface area contributed by atoms with Crippen LogP contribution in [0.15, 0.2) is 56.1 Å². The third-order valence-electron chi connectivity index (χ3n) is 3.45. The summed E-state index contributed by atoms with van der Waals surface area (Å²) in [5.74, 6) is 0.109. The first-order valence-corrected chi connectivity index (χ1v) is 8.62. The minimum absolute atomic E-state index is 0.202. The minimum Gasteiger partial charge on any atom is -0.494 e. The fourth-order valence-corrected chi connectivity index (χ4v) is 3.09. The van der Waals surface area contributed by atoms with Crippen LogP contribution in [0.25, 0.3) is 11.0 Å². The van der Waals surface area contributed by atoms with Crippen molar-refractivity contribution >= 4 is 50.1 Å². The van der Waals surface area contributed by atoms with Crippen LogP contribution >= 0.6 is 27.5 Å². The van der Waals surface area contributed by atoms with E-state index in [4.69, 9.17) is 20.8 Å². The number of rotatable bonds is 4. The summed E-state index contributed by atoms with van der Waals surface area (Å²) in [4.78, 5) is 24.5. The first-order valence-electron chi connectivity index (χ1n) is 7.45. The van der Waals surface area contributed by atoms with E-state index in [0.29, 0.717) is 28.5 Å². The van der Waals surface area contributed by atoms with Gasteiger partial charge in [-0.05, 0) is 37.3 Å². The fraction of sp³-hybridized carbons (Fsp3) is 0.111. The summed E-state index contributed by atoms with van der Waals surface area (Å²) in [5, 5.41) is 3.60. The molecule has 0 unspecified atom stereocenters. The summed E-state index contributed by atoms with van der Waals surface area (Å²) < 4.78 is 11.4. The summed E-state index contributed by atoms with van der Waals surface area (Å²) in [6.07, 6.45) is 0. The van der Waals surface area contributed by atoms with Crippen molar-refractivity contribution in [2.75, 3.05) is 11.9 Å². The number of amides is 1. The maximum atomic E-state index is 12.6. The van der Waals surface area contributed by atoms with Crippen LogP contribution in [-0.4, -0.2) is 12.5 Å². The van der Waals surface area contributed by atoms with Gasteiger partial charge in [-0.3, -0.25) is 4.79 Å². The maximum absolute atomic E-state index is 12.6. The zero-order valence-corrected chi connectivity index (χ0v) is 15.5. The molecule has 3 rings (SSSR count). The van der Waals surface area contributed by atoms with Gasteiger partial charge < -0.3 is 14.5 Å². The Balaban J connectivity index is 2.02. The lowest BCUT2D eigenvalue weighted by atomic mass is 10.1. The molecule has 0 spiro atoms. The highest BCUT2D eigenvalue weighted by Crippen LogP contribution is 2.27. The highest BCUT2D eigenvalue weighted by molar-refractivity contribution is 9.10. The number of carbonyl (C=O) groups is 1. The number of anilines is 1. The number of ether oxygens (including phenoxy) is 1. The van der Waals surface area contributed by atoms with E-state index in [0.717, 1.165) is 10.5 Å². The van der Waals surface area contributed by atoms with E-state index < -0.39 is 11.5 Å². The highest BCUT2D eigenvalue weighted by atomic mass is 79.9. The Morgan fingerprint density at radius 1 is 1.24 bits per heavy atom. The third kappa shape index (κ3) is 3.86. The smallest absolute Gasteiger partial charge is 0.337 e. The van der Waals surface area contributed by atoms with Gasteiger partial charge >= 0.3 is 5.63 Å². The third-order valence-corrected chi connectivity index (χ3v) is 4.26. The Kier molecular flexibility index (Phi) is 5.11. The van der Waals surface area contributed by atoms with Crippen LogP contribution in [-0.2, 0) is 0 Å². The van der Waals surface area contributed by atoms with Crippen molar-refractivity contribution in [3.63, 3.8) is 0 Å². The molecule has 1 aromatic heterocycles. The molecule has 0 fully saturated rings. The van der Waals surface area contributed by atoms with E-state index in [1.54, 1.807) is 36.4 Å². The molecule has 1 N–H and O–H groups in total. The van der Waals surface area contributed by atoms with Crippen LogP contribution in [0, 0.1) is 0 Å². The molecule has 0 saturated heterocycles. The molecule has 3 aromatic rings. The predicted octanol–water partition coefficient (Wildman–Crippen LogP) is 4.86. The van der Waals surface area contributed by atoms with Crippen LogP contribution in [0.2, 0.25) is 5.02 Å². The van der Waals surface area contributed by atoms with Gasteiger partial charge in [0.1, 0.15) is 11.3 Å². The molecule has 0 aliphatic heterocycles. The van der Waals surface area contributed by atoms with E-state index in [9.17, 15) is 9.59 Å². The van der Waals surface area contributed by atoms with Gasteiger partial charge in [-0.15, -0.1) is 0 Å². The number of fused-ring (bicyclic) bond motifs is 1. The number of nitrogens with one attached hydrogen (secondary N) is 1. The van der Waals surface area contributed by atoms with Gasteiger partial charge in [-0.1, -0.05) is 27.5 Å². The van der Waals surface area contributed by atoms with E-state index in [1.807, 2.05) is 6.92 Å². The molecule has 0 saturated carbocycles. The van der Waals surface area contributed by atoms with Crippen LogP contribution in [0.5, 0.6) is 5.75 Å². The number of benzene rings is 2. The molecule has 0 aliphatic rings. The average molecular weight is 423 g/mol. The Hall–Kier alpha value is -2.31. The molecule has 25 heavy (non-hydrogen) atoms. The monoisotopic (exact) mass is 421 g/mol. The zero-order chi connectivity index (χ0) is 18.0. The van der Waals surface area contributed by atoms with Gasteiger partial charge in [0.05, 0.1) is 22.9 Å². The Labute approximate surface area is 156 Å². The zero-order valence-electron chi connectivity index (χ0n) is 13.1. The van der Waals surface area contributed by atoms with Crippen LogP contribution < -0.4 is 15.7 Å². The van der Waals surface area contributed by atoms with Gasteiger partial charge in [0.15, 0.2) is 0 Å². The second-order valence-corrected chi connectivity index (χ2v) is 6.47.